The molecule has 0 fully saturated rings. The van der Waals surface area contributed by atoms with Crippen LogP contribution in [0.5, 0.6) is 5.75 Å². The van der Waals surface area contributed by atoms with Crippen LogP contribution in [0.25, 0.3) is 11.3 Å². The van der Waals surface area contributed by atoms with Crippen LogP contribution in [0, 0.1) is 0 Å². The summed E-state index contributed by atoms with van der Waals surface area (Å²) in [6, 6.07) is 6.07. The van der Waals surface area contributed by atoms with E-state index in [1.54, 1.807) is 7.11 Å². The predicted molar refractivity (Wildman–Crippen MR) is 63.9 cm³/mol. The molecule has 16 heavy (non-hydrogen) atoms. The highest BCUT2D eigenvalue weighted by molar-refractivity contribution is 9.08. The minimum absolute atomic E-state index is 0.733. The number of hydrogen-bond acceptors (Lipinski definition) is 3. The molecule has 3 rings (SSSR count). The van der Waals surface area contributed by atoms with E-state index >= 15 is 0 Å². The summed E-state index contributed by atoms with van der Waals surface area (Å²) in [5, 5.41) is 4.78. The summed E-state index contributed by atoms with van der Waals surface area (Å²) in [7, 11) is 1.67. The van der Waals surface area contributed by atoms with Crippen molar-refractivity contribution in [3.05, 3.63) is 35.0 Å². The number of benzene rings is 1. The number of methoxy groups -OCH3 is 1. The molecule has 0 saturated heterocycles. The van der Waals surface area contributed by atoms with Crippen LogP contribution in [-0.2, 0) is 11.8 Å². The first-order valence-corrected chi connectivity index (χ1v) is 6.16. The van der Waals surface area contributed by atoms with Crippen LogP contribution < -0.4 is 4.74 Å². The molecule has 1 aliphatic rings. The van der Waals surface area contributed by atoms with E-state index in [9.17, 15) is 0 Å². The fourth-order valence-electron chi connectivity index (χ4n) is 2.08. The molecule has 0 radical (unpaired) electrons. The summed E-state index contributed by atoms with van der Waals surface area (Å²) in [5.74, 6) is 1.74. The van der Waals surface area contributed by atoms with Crippen LogP contribution in [0.2, 0.25) is 0 Å². The normalized spacial score (nSPS) is 12.4. The van der Waals surface area contributed by atoms with Crippen LogP contribution >= 0.6 is 15.9 Å². The van der Waals surface area contributed by atoms with E-state index in [4.69, 9.17) is 9.26 Å². The molecule has 0 saturated carbocycles. The van der Waals surface area contributed by atoms with Crippen molar-refractivity contribution in [1.82, 2.24) is 5.16 Å². The molecule has 82 valence electrons. The van der Waals surface area contributed by atoms with Gasteiger partial charge in [0.05, 0.1) is 12.8 Å². The molecule has 0 unspecified atom stereocenters. The largest absolute Gasteiger partial charge is 0.497 e. The third-order valence-electron chi connectivity index (χ3n) is 2.93. The molecule has 1 heterocycles. The average Bonchev–Trinajstić information content (AvgIpc) is 2.86. The molecule has 2 aromatic rings. The Hall–Kier alpha value is -1.29. The van der Waals surface area contributed by atoms with Crippen molar-refractivity contribution in [2.75, 3.05) is 7.11 Å². The van der Waals surface area contributed by atoms with Crippen molar-refractivity contribution in [3.8, 4) is 17.1 Å². The van der Waals surface area contributed by atoms with Gasteiger partial charge >= 0.3 is 0 Å². The first-order valence-electron chi connectivity index (χ1n) is 5.04. The maximum Gasteiger partial charge on any atom is 0.171 e. The van der Waals surface area contributed by atoms with Crippen molar-refractivity contribution < 1.29 is 9.26 Å². The van der Waals surface area contributed by atoms with E-state index in [0.29, 0.717) is 0 Å². The smallest absolute Gasteiger partial charge is 0.171 e. The second kappa shape index (κ2) is 3.63. The third kappa shape index (κ3) is 1.29. The van der Waals surface area contributed by atoms with Crippen molar-refractivity contribution >= 4 is 15.9 Å². The zero-order valence-corrected chi connectivity index (χ0v) is 10.4. The van der Waals surface area contributed by atoms with Gasteiger partial charge in [0.15, 0.2) is 5.76 Å². The molecule has 0 N–H and O–H groups in total. The van der Waals surface area contributed by atoms with E-state index in [2.05, 4.69) is 27.2 Å². The monoisotopic (exact) mass is 279 g/mol. The standard InChI is InChI=1S/C12H10BrNO2/c1-15-8-3-2-7-4-10-11(6-13)14-16-12(10)9(7)5-8/h2-3,5H,4,6H2,1H3. The number of halogens is 1. The topological polar surface area (TPSA) is 35.3 Å². The molecule has 1 aromatic heterocycles. The lowest BCUT2D eigenvalue weighted by Crippen LogP contribution is -1.87. The van der Waals surface area contributed by atoms with Crippen molar-refractivity contribution in [1.29, 1.82) is 0 Å². The number of aromatic nitrogens is 1. The average molecular weight is 280 g/mol. The van der Waals surface area contributed by atoms with Crippen LogP contribution in [0.15, 0.2) is 22.7 Å². The van der Waals surface area contributed by atoms with Gasteiger partial charge in [0, 0.05) is 22.9 Å². The van der Waals surface area contributed by atoms with Crippen molar-refractivity contribution in [2.24, 2.45) is 0 Å². The summed E-state index contributed by atoms with van der Waals surface area (Å²) >= 11 is 3.42. The van der Waals surface area contributed by atoms with Gasteiger partial charge in [-0.15, -0.1) is 0 Å². The highest BCUT2D eigenvalue weighted by Crippen LogP contribution is 2.40. The zero-order valence-electron chi connectivity index (χ0n) is 8.79. The van der Waals surface area contributed by atoms with Gasteiger partial charge in [-0.3, -0.25) is 0 Å². The van der Waals surface area contributed by atoms with E-state index in [0.717, 1.165) is 34.5 Å². The summed E-state index contributed by atoms with van der Waals surface area (Å²) in [6.45, 7) is 0. The van der Waals surface area contributed by atoms with Gasteiger partial charge in [-0.2, -0.15) is 0 Å². The second-order valence-corrected chi connectivity index (χ2v) is 4.33. The Morgan fingerprint density at radius 3 is 3.12 bits per heavy atom. The molecule has 0 atom stereocenters. The van der Waals surface area contributed by atoms with E-state index < -0.39 is 0 Å². The first-order chi connectivity index (χ1) is 7.83. The van der Waals surface area contributed by atoms with Gasteiger partial charge in [-0.1, -0.05) is 27.2 Å². The number of fused-ring (bicyclic) bond motifs is 3. The maximum atomic E-state index is 5.39. The first kappa shape index (κ1) is 9.90. The predicted octanol–water partition coefficient (Wildman–Crippen LogP) is 3.15. The number of rotatable bonds is 2. The molecule has 3 nitrogen and oxygen atoms in total. The lowest BCUT2D eigenvalue weighted by atomic mass is 10.1. The third-order valence-corrected chi connectivity index (χ3v) is 3.46. The minimum atomic E-state index is 0.733. The molecule has 1 aromatic carbocycles. The van der Waals surface area contributed by atoms with E-state index in [-0.39, 0.29) is 0 Å². The van der Waals surface area contributed by atoms with Gasteiger partial charge in [0.2, 0.25) is 0 Å². The molecular weight excluding hydrogens is 270 g/mol. The maximum absolute atomic E-state index is 5.39. The lowest BCUT2D eigenvalue weighted by Gasteiger charge is -2.02. The summed E-state index contributed by atoms with van der Waals surface area (Å²) in [5.41, 5.74) is 4.57. The van der Waals surface area contributed by atoms with Crippen LogP contribution in [0.1, 0.15) is 16.8 Å². The Morgan fingerprint density at radius 1 is 1.50 bits per heavy atom. The molecule has 0 bridgehead atoms. The molecule has 0 spiro atoms. The van der Waals surface area contributed by atoms with Gasteiger partial charge in [-0.05, 0) is 17.7 Å². The van der Waals surface area contributed by atoms with Gasteiger partial charge < -0.3 is 9.26 Å². The summed E-state index contributed by atoms with van der Waals surface area (Å²) < 4.78 is 10.6. The molecule has 0 amide bonds. The van der Waals surface area contributed by atoms with E-state index in [1.165, 1.54) is 11.1 Å². The zero-order chi connectivity index (χ0) is 11.1. The Balaban J connectivity index is 2.16. The fraction of sp³-hybridized carbons (Fsp3) is 0.250. The van der Waals surface area contributed by atoms with Gasteiger partial charge in [-0.25, -0.2) is 0 Å². The van der Waals surface area contributed by atoms with Crippen LogP contribution in [0.4, 0.5) is 0 Å². The minimum Gasteiger partial charge on any atom is -0.497 e. The Labute approximate surface area is 102 Å². The quantitative estimate of drug-likeness (QED) is 0.676. The number of nitrogens with zero attached hydrogens (tertiary/aromatic N) is 1. The highest BCUT2D eigenvalue weighted by atomic mass is 79.9. The molecule has 1 aliphatic carbocycles. The fourth-order valence-corrected chi connectivity index (χ4v) is 2.52. The summed E-state index contributed by atoms with van der Waals surface area (Å²) in [6.07, 6.45) is 0.902. The van der Waals surface area contributed by atoms with Gasteiger partial charge in [0.25, 0.3) is 0 Å². The van der Waals surface area contributed by atoms with Gasteiger partial charge in [0.1, 0.15) is 5.75 Å². The SMILES string of the molecule is COc1ccc2c(c1)-c1onc(CBr)c1C2. The number of alkyl halides is 1. The Morgan fingerprint density at radius 2 is 2.38 bits per heavy atom. The number of hydrogen-bond donors (Lipinski definition) is 0. The lowest BCUT2D eigenvalue weighted by molar-refractivity contribution is 0.413. The second-order valence-electron chi connectivity index (χ2n) is 3.77. The highest BCUT2D eigenvalue weighted by Gasteiger charge is 2.26. The van der Waals surface area contributed by atoms with E-state index in [1.807, 2.05) is 12.1 Å². The summed E-state index contributed by atoms with van der Waals surface area (Å²) in [4.78, 5) is 0. The molecule has 4 heteroatoms. The molecular formula is C12H10BrNO2. The van der Waals surface area contributed by atoms with Crippen LogP contribution in [-0.4, -0.2) is 12.3 Å². The van der Waals surface area contributed by atoms with Crippen molar-refractivity contribution in [2.45, 2.75) is 11.8 Å². The Kier molecular flexibility index (Phi) is 2.24. The Bertz CT molecular complexity index is 548. The van der Waals surface area contributed by atoms with Crippen molar-refractivity contribution in [3.63, 3.8) is 0 Å². The van der Waals surface area contributed by atoms with Crippen LogP contribution in [0.3, 0.4) is 0 Å². The number of ether oxygens (including phenoxy) is 1. The molecule has 0 aliphatic heterocycles.